The number of aldehydes is 1. The lowest BCUT2D eigenvalue weighted by atomic mass is 9.88. The number of carbonyl (C=O) groups excluding carboxylic acids is 3. The third-order valence-corrected chi connectivity index (χ3v) is 5.87. The minimum absolute atomic E-state index is 0.0832. The van der Waals surface area contributed by atoms with Crippen molar-refractivity contribution in [1.82, 2.24) is 9.80 Å². The van der Waals surface area contributed by atoms with E-state index in [4.69, 9.17) is 9.47 Å². The zero-order valence-electron chi connectivity index (χ0n) is 20.7. The molecule has 34 heavy (non-hydrogen) atoms. The summed E-state index contributed by atoms with van der Waals surface area (Å²) in [5.74, 6) is -1.17. The Kier molecular flexibility index (Phi) is 6.96. The zero-order chi connectivity index (χ0) is 25.4. The fourth-order valence-electron chi connectivity index (χ4n) is 4.36. The molecule has 2 aliphatic rings. The Labute approximate surface area is 200 Å². The van der Waals surface area contributed by atoms with Crippen molar-refractivity contribution < 1.29 is 33.8 Å². The minimum atomic E-state index is -1.08. The summed E-state index contributed by atoms with van der Waals surface area (Å²) in [5.41, 5.74) is 1.19. The average Bonchev–Trinajstić information content (AvgIpc) is 3.14. The van der Waals surface area contributed by atoms with Gasteiger partial charge in [0.05, 0.1) is 12.6 Å². The normalized spacial score (nSPS) is 22.7. The number of benzene rings is 1. The van der Waals surface area contributed by atoms with Crippen LogP contribution in [-0.4, -0.2) is 69.2 Å². The van der Waals surface area contributed by atoms with Gasteiger partial charge in [-0.05, 0) is 64.7 Å². The first-order valence-electron chi connectivity index (χ1n) is 11.5. The van der Waals surface area contributed by atoms with E-state index in [1.165, 1.54) is 9.80 Å². The fraction of sp³-hybridized carbons (Fsp3) is 0.600. The molecule has 0 radical (unpaired) electrons. The summed E-state index contributed by atoms with van der Waals surface area (Å²) in [6.45, 7) is 11.0. The van der Waals surface area contributed by atoms with Crippen LogP contribution in [0.15, 0.2) is 18.2 Å². The predicted molar refractivity (Wildman–Crippen MR) is 123 cm³/mol. The summed E-state index contributed by atoms with van der Waals surface area (Å²) in [7, 11) is 0. The largest absolute Gasteiger partial charge is 0.480 e. The quantitative estimate of drug-likeness (QED) is 0.664. The van der Waals surface area contributed by atoms with Crippen molar-refractivity contribution in [2.45, 2.75) is 90.1 Å². The molecule has 3 rings (SSSR count). The summed E-state index contributed by atoms with van der Waals surface area (Å²) in [4.78, 5) is 51.6. The fourth-order valence-corrected chi connectivity index (χ4v) is 4.36. The van der Waals surface area contributed by atoms with Gasteiger partial charge in [-0.15, -0.1) is 0 Å². The number of rotatable bonds is 3. The third kappa shape index (κ3) is 5.87. The topological polar surface area (TPSA) is 113 Å². The molecule has 0 bridgehead atoms. The molecule has 1 N–H and O–H groups in total. The van der Waals surface area contributed by atoms with E-state index in [0.29, 0.717) is 13.0 Å². The molecule has 1 aromatic carbocycles. The molecule has 1 fully saturated rings. The molecule has 0 saturated carbocycles. The van der Waals surface area contributed by atoms with E-state index in [-0.39, 0.29) is 18.9 Å². The van der Waals surface area contributed by atoms with Gasteiger partial charge in [-0.1, -0.05) is 18.2 Å². The van der Waals surface area contributed by atoms with E-state index in [2.05, 4.69) is 0 Å². The van der Waals surface area contributed by atoms with E-state index in [9.17, 15) is 24.3 Å². The van der Waals surface area contributed by atoms with Crippen molar-refractivity contribution in [3.05, 3.63) is 34.9 Å². The predicted octanol–water partition coefficient (Wildman–Crippen LogP) is 3.72. The van der Waals surface area contributed by atoms with Crippen LogP contribution >= 0.6 is 0 Å². The van der Waals surface area contributed by atoms with Crippen LogP contribution < -0.4 is 0 Å². The van der Waals surface area contributed by atoms with Gasteiger partial charge in [-0.2, -0.15) is 0 Å². The number of ether oxygens (including phenoxy) is 2. The number of likely N-dealkylation sites (tertiary alicyclic amines) is 1. The number of carboxylic acid groups (broad SMARTS) is 1. The van der Waals surface area contributed by atoms with Crippen LogP contribution in [-0.2, 0) is 32.0 Å². The number of hydrogen-bond donors (Lipinski definition) is 1. The van der Waals surface area contributed by atoms with E-state index < -0.39 is 41.4 Å². The summed E-state index contributed by atoms with van der Waals surface area (Å²) in [6.07, 6.45) is 0.217. The standard InChI is InChI=1S/C25H34N2O7/c1-24(2,3)33-22(31)26-12-18(10-19(26)14-28)15-7-8-16-11-20(21(29)30)27(13-17(16)9-15)23(32)34-25(4,5)6/h7-9,14,18-20H,10-13H2,1-6H3,(H,29,30)/t18?,19-,20?/m0/s1. The van der Waals surface area contributed by atoms with E-state index in [1.807, 2.05) is 18.2 Å². The van der Waals surface area contributed by atoms with Crippen molar-refractivity contribution in [2.75, 3.05) is 6.54 Å². The molecule has 1 saturated heterocycles. The molecule has 0 spiro atoms. The van der Waals surface area contributed by atoms with Crippen LogP contribution in [0.2, 0.25) is 0 Å². The average molecular weight is 475 g/mol. The molecular weight excluding hydrogens is 440 g/mol. The molecule has 9 nitrogen and oxygen atoms in total. The van der Waals surface area contributed by atoms with Gasteiger partial charge in [-0.3, -0.25) is 9.80 Å². The van der Waals surface area contributed by atoms with Crippen molar-refractivity contribution in [1.29, 1.82) is 0 Å². The van der Waals surface area contributed by atoms with Crippen LogP contribution in [0.25, 0.3) is 0 Å². The van der Waals surface area contributed by atoms with Gasteiger partial charge >= 0.3 is 18.2 Å². The molecule has 3 atom stereocenters. The maximum Gasteiger partial charge on any atom is 0.411 e. The second-order valence-electron chi connectivity index (χ2n) is 11.0. The maximum absolute atomic E-state index is 12.7. The number of carbonyl (C=O) groups is 4. The first-order chi connectivity index (χ1) is 15.7. The highest BCUT2D eigenvalue weighted by molar-refractivity contribution is 5.81. The van der Waals surface area contributed by atoms with Crippen LogP contribution in [0.3, 0.4) is 0 Å². The first-order valence-corrected chi connectivity index (χ1v) is 11.5. The number of aliphatic carboxylic acids is 1. The van der Waals surface area contributed by atoms with E-state index in [0.717, 1.165) is 23.0 Å². The Morgan fingerprint density at radius 1 is 0.971 bits per heavy atom. The van der Waals surface area contributed by atoms with Gasteiger partial charge in [0.15, 0.2) is 0 Å². The number of amides is 2. The SMILES string of the molecule is CC(C)(C)OC(=O)N1Cc2cc(C3C[C@@H](C=O)N(C(=O)OC(C)(C)C)C3)ccc2CC1C(=O)O. The van der Waals surface area contributed by atoms with Crippen molar-refractivity contribution >= 4 is 24.4 Å². The molecule has 2 aliphatic heterocycles. The lowest BCUT2D eigenvalue weighted by molar-refractivity contribution is -0.143. The molecule has 1 aromatic rings. The molecule has 2 amide bonds. The summed E-state index contributed by atoms with van der Waals surface area (Å²) in [5, 5.41) is 9.69. The number of hydrogen-bond acceptors (Lipinski definition) is 6. The van der Waals surface area contributed by atoms with Crippen LogP contribution in [0, 0.1) is 0 Å². The second-order valence-corrected chi connectivity index (χ2v) is 11.0. The summed E-state index contributed by atoms with van der Waals surface area (Å²) in [6, 6.07) is 4.13. The van der Waals surface area contributed by atoms with Crippen LogP contribution in [0.1, 0.15) is 70.6 Å². The highest BCUT2D eigenvalue weighted by Gasteiger charge is 2.40. The Morgan fingerprint density at radius 3 is 2.09 bits per heavy atom. The smallest absolute Gasteiger partial charge is 0.411 e. The third-order valence-electron chi connectivity index (χ3n) is 5.87. The molecule has 0 aliphatic carbocycles. The van der Waals surface area contributed by atoms with Gasteiger partial charge in [0.2, 0.25) is 0 Å². The Morgan fingerprint density at radius 2 is 1.56 bits per heavy atom. The van der Waals surface area contributed by atoms with Gasteiger partial charge in [0.1, 0.15) is 23.5 Å². The monoisotopic (exact) mass is 474 g/mol. The van der Waals surface area contributed by atoms with Crippen LogP contribution in [0.4, 0.5) is 9.59 Å². The van der Waals surface area contributed by atoms with Gasteiger partial charge in [0.25, 0.3) is 0 Å². The highest BCUT2D eigenvalue weighted by atomic mass is 16.6. The maximum atomic E-state index is 12.7. The lowest BCUT2D eigenvalue weighted by Gasteiger charge is -2.36. The van der Waals surface area contributed by atoms with Crippen molar-refractivity contribution in [3.8, 4) is 0 Å². The Balaban J connectivity index is 1.83. The molecule has 2 heterocycles. The zero-order valence-corrected chi connectivity index (χ0v) is 20.7. The number of fused-ring (bicyclic) bond motifs is 1. The molecular formula is C25H34N2O7. The molecule has 9 heteroatoms. The first kappa shape index (κ1) is 25.5. The minimum Gasteiger partial charge on any atom is -0.480 e. The van der Waals surface area contributed by atoms with Gasteiger partial charge in [-0.25, -0.2) is 14.4 Å². The van der Waals surface area contributed by atoms with E-state index >= 15 is 0 Å². The van der Waals surface area contributed by atoms with Crippen molar-refractivity contribution in [2.24, 2.45) is 0 Å². The van der Waals surface area contributed by atoms with Crippen molar-refractivity contribution in [3.63, 3.8) is 0 Å². The van der Waals surface area contributed by atoms with Gasteiger partial charge < -0.3 is 19.4 Å². The number of nitrogens with zero attached hydrogens (tertiary/aromatic N) is 2. The molecule has 0 aromatic heterocycles. The van der Waals surface area contributed by atoms with Gasteiger partial charge in [0, 0.05) is 18.9 Å². The number of carboxylic acids is 1. The highest BCUT2D eigenvalue weighted by Crippen LogP contribution is 2.35. The second kappa shape index (κ2) is 9.27. The van der Waals surface area contributed by atoms with Crippen LogP contribution in [0.5, 0.6) is 0 Å². The summed E-state index contributed by atoms with van der Waals surface area (Å²) >= 11 is 0. The lowest BCUT2D eigenvalue weighted by Crippen LogP contribution is -2.50. The summed E-state index contributed by atoms with van der Waals surface area (Å²) < 4.78 is 10.9. The Bertz CT molecular complexity index is 976. The Hall–Kier alpha value is -3.10. The molecule has 186 valence electrons. The van der Waals surface area contributed by atoms with E-state index in [1.54, 1.807) is 41.5 Å². The molecule has 2 unspecified atom stereocenters.